The molecule has 3 rings (SSSR count). The molecule has 2 aromatic carbocycles. The van der Waals surface area contributed by atoms with Gasteiger partial charge in [-0.3, -0.25) is 4.31 Å². The van der Waals surface area contributed by atoms with E-state index in [-0.39, 0.29) is 28.9 Å². The Kier molecular flexibility index (Phi) is 6.42. The normalized spacial score (nSPS) is 11.5. The lowest BCUT2D eigenvalue weighted by Gasteiger charge is -2.20. The molecule has 0 bridgehead atoms. The largest absolute Gasteiger partial charge is 0.452 e. The van der Waals surface area contributed by atoms with Crippen LogP contribution < -0.4 is 4.31 Å². The van der Waals surface area contributed by atoms with Crippen molar-refractivity contribution in [3.05, 3.63) is 70.8 Å². The molecule has 0 aliphatic carbocycles. The first-order valence-corrected chi connectivity index (χ1v) is 10.8. The van der Waals surface area contributed by atoms with E-state index in [4.69, 9.17) is 20.9 Å². The van der Waals surface area contributed by atoms with Gasteiger partial charge in [-0.25, -0.2) is 13.2 Å². The minimum atomic E-state index is -3.91. The van der Waals surface area contributed by atoms with Crippen LogP contribution in [0.1, 0.15) is 41.8 Å². The van der Waals surface area contributed by atoms with Gasteiger partial charge in [0, 0.05) is 18.0 Å². The molecule has 0 N–H and O–H groups in total. The van der Waals surface area contributed by atoms with Gasteiger partial charge in [0.05, 0.1) is 16.1 Å². The third-order valence-corrected chi connectivity index (χ3v) is 6.24. The van der Waals surface area contributed by atoms with Gasteiger partial charge in [0.1, 0.15) is 0 Å². The van der Waals surface area contributed by atoms with Gasteiger partial charge in [0.25, 0.3) is 15.9 Å². The number of aromatic nitrogens is 2. The van der Waals surface area contributed by atoms with E-state index in [1.165, 1.54) is 37.4 Å². The van der Waals surface area contributed by atoms with Gasteiger partial charge in [-0.05, 0) is 36.4 Å². The van der Waals surface area contributed by atoms with Gasteiger partial charge in [-0.15, -0.1) is 0 Å². The molecule has 0 saturated heterocycles. The smallest absolute Gasteiger partial charge is 0.338 e. The predicted octanol–water partition coefficient (Wildman–Crippen LogP) is 4.03. The van der Waals surface area contributed by atoms with E-state index in [0.717, 1.165) is 4.31 Å². The third kappa shape index (κ3) is 4.80. The van der Waals surface area contributed by atoms with E-state index in [1.54, 1.807) is 18.2 Å². The van der Waals surface area contributed by atoms with Crippen molar-refractivity contribution in [3.8, 4) is 0 Å². The summed E-state index contributed by atoms with van der Waals surface area (Å²) in [7, 11) is -2.50. The topological polar surface area (TPSA) is 103 Å². The molecule has 0 fully saturated rings. The second-order valence-corrected chi connectivity index (χ2v) is 9.16. The average molecular weight is 450 g/mol. The molecule has 0 radical (unpaired) electrons. The van der Waals surface area contributed by atoms with Crippen LogP contribution in [0, 0.1) is 0 Å². The van der Waals surface area contributed by atoms with Crippen LogP contribution in [-0.2, 0) is 21.4 Å². The van der Waals surface area contributed by atoms with E-state index < -0.39 is 16.0 Å². The summed E-state index contributed by atoms with van der Waals surface area (Å²) in [4.78, 5) is 16.5. The Bertz CT molecular complexity index is 1160. The van der Waals surface area contributed by atoms with Gasteiger partial charge >= 0.3 is 5.97 Å². The van der Waals surface area contributed by atoms with Crippen LogP contribution in [0.15, 0.2) is 57.9 Å². The molecule has 3 aromatic rings. The van der Waals surface area contributed by atoms with Crippen LogP contribution in [0.5, 0.6) is 0 Å². The summed E-state index contributed by atoms with van der Waals surface area (Å²) in [5.74, 6) is 0.0491. The minimum Gasteiger partial charge on any atom is -0.452 e. The Hall–Kier alpha value is -2.91. The number of hydrogen-bond donors (Lipinski definition) is 0. The number of rotatable bonds is 7. The molecule has 8 nitrogen and oxygen atoms in total. The van der Waals surface area contributed by atoms with Gasteiger partial charge in [0.2, 0.25) is 0 Å². The highest BCUT2D eigenvalue weighted by Gasteiger charge is 2.23. The van der Waals surface area contributed by atoms with Crippen molar-refractivity contribution in [1.29, 1.82) is 0 Å². The predicted molar refractivity (Wildman–Crippen MR) is 111 cm³/mol. The summed E-state index contributed by atoms with van der Waals surface area (Å²) in [6, 6.07) is 12.1. The number of halogens is 1. The highest BCUT2D eigenvalue weighted by atomic mass is 35.5. The van der Waals surface area contributed by atoms with E-state index in [9.17, 15) is 13.2 Å². The van der Waals surface area contributed by atoms with E-state index in [0.29, 0.717) is 16.5 Å². The summed E-state index contributed by atoms with van der Waals surface area (Å²) < 4.78 is 37.2. The molecule has 0 aliphatic heterocycles. The lowest BCUT2D eigenvalue weighted by atomic mass is 10.2. The molecule has 0 aliphatic rings. The van der Waals surface area contributed by atoms with Crippen molar-refractivity contribution >= 4 is 33.3 Å². The second-order valence-electron chi connectivity index (χ2n) is 6.76. The Balaban J connectivity index is 1.76. The summed E-state index contributed by atoms with van der Waals surface area (Å²) in [5, 5.41) is 4.21. The molecule has 0 amide bonds. The maximum atomic E-state index is 13.0. The van der Waals surface area contributed by atoms with Crippen LogP contribution in [-0.4, -0.2) is 31.6 Å². The van der Waals surface area contributed by atoms with Crippen molar-refractivity contribution in [3.63, 3.8) is 0 Å². The highest BCUT2D eigenvalue weighted by Crippen LogP contribution is 2.25. The molecule has 0 saturated carbocycles. The molecule has 30 heavy (non-hydrogen) atoms. The second kappa shape index (κ2) is 8.85. The maximum Gasteiger partial charge on any atom is 0.338 e. The number of sulfonamides is 1. The van der Waals surface area contributed by atoms with Crippen molar-refractivity contribution < 1.29 is 22.5 Å². The van der Waals surface area contributed by atoms with E-state index >= 15 is 0 Å². The average Bonchev–Trinajstić information content (AvgIpc) is 3.21. The van der Waals surface area contributed by atoms with Gasteiger partial charge in [-0.2, -0.15) is 4.98 Å². The van der Waals surface area contributed by atoms with Crippen molar-refractivity contribution in [2.45, 2.75) is 31.3 Å². The molecular formula is C20H20ClN3O5S. The van der Waals surface area contributed by atoms with E-state index in [1.807, 2.05) is 13.8 Å². The highest BCUT2D eigenvalue weighted by molar-refractivity contribution is 7.92. The first-order chi connectivity index (χ1) is 14.2. The monoisotopic (exact) mass is 449 g/mol. The number of nitrogens with zero attached hydrogens (tertiary/aromatic N) is 3. The van der Waals surface area contributed by atoms with Crippen LogP contribution in [0.25, 0.3) is 0 Å². The molecule has 1 heterocycles. The molecule has 10 heteroatoms. The quantitative estimate of drug-likeness (QED) is 0.501. The lowest BCUT2D eigenvalue weighted by Crippen LogP contribution is -2.26. The summed E-state index contributed by atoms with van der Waals surface area (Å²) in [6.45, 7) is 3.61. The van der Waals surface area contributed by atoms with E-state index in [2.05, 4.69) is 10.1 Å². The fraction of sp³-hybridized carbons (Fsp3) is 0.250. The third-order valence-electron chi connectivity index (χ3n) is 4.23. The molecule has 0 unspecified atom stereocenters. The Labute approximate surface area is 179 Å². The fourth-order valence-electron chi connectivity index (χ4n) is 2.52. The summed E-state index contributed by atoms with van der Waals surface area (Å²) in [5.41, 5.74) is 0.479. The van der Waals surface area contributed by atoms with Gasteiger partial charge < -0.3 is 9.26 Å². The van der Waals surface area contributed by atoms with Crippen molar-refractivity contribution in [1.82, 2.24) is 10.1 Å². The van der Waals surface area contributed by atoms with Crippen molar-refractivity contribution in [2.24, 2.45) is 0 Å². The van der Waals surface area contributed by atoms with Gasteiger partial charge in [0.15, 0.2) is 12.4 Å². The van der Waals surface area contributed by atoms with Crippen molar-refractivity contribution in [2.75, 3.05) is 11.4 Å². The van der Waals surface area contributed by atoms with Crippen LogP contribution in [0.2, 0.25) is 5.02 Å². The molecular weight excluding hydrogens is 430 g/mol. The summed E-state index contributed by atoms with van der Waals surface area (Å²) in [6.07, 6.45) is 0. The standard InChI is InChI=1S/C20H20ClN3O5S/c1-13(2)19-22-18(29-23-19)12-28-20(25)14-6-4-9-17(10-14)30(26,27)24(3)16-8-5-7-15(21)11-16/h4-11,13H,12H2,1-3H3. The lowest BCUT2D eigenvalue weighted by molar-refractivity contribution is 0.0429. The maximum absolute atomic E-state index is 13.0. The zero-order chi connectivity index (χ0) is 21.9. The number of hydrogen-bond acceptors (Lipinski definition) is 7. The first-order valence-electron chi connectivity index (χ1n) is 9.02. The minimum absolute atomic E-state index is 0.0562. The number of carbonyl (C=O) groups is 1. The number of ether oxygens (including phenoxy) is 1. The number of anilines is 1. The Morgan fingerprint density at radius 2 is 1.93 bits per heavy atom. The fourth-order valence-corrected chi connectivity index (χ4v) is 3.94. The molecule has 0 spiro atoms. The van der Waals surface area contributed by atoms with Gasteiger partial charge in [-0.1, -0.05) is 42.7 Å². The number of carbonyl (C=O) groups excluding carboxylic acids is 1. The Morgan fingerprint density at radius 3 is 2.60 bits per heavy atom. The molecule has 158 valence electrons. The molecule has 0 atom stereocenters. The zero-order valence-electron chi connectivity index (χ0n) is 16.6. The van der Waals surface area contributed by atoms with Crippen LogP contribution >= 0.6 is 11.6 Å². The molecule has 1 aromatic heterocycles. The Morgan fingerprint density at radius 1 is 1.20 bits per heavy atom. The SMILES string of the molecule is CC(C)c1noc(COC(=O)c2cccc(S(=O)(=O)N(C)c3cccc(Cl)c3)c2)n1. The first kappa shape index (κ1) is 21.8. The number of esters is 1. The van der Waals surface area contributed by atoms with Crippen LogP contribution in [0.3, 0.4) is 0 Å². The number of benzene rings is 2. The summed E-state index contributed by atoms with van der Waals surface area (Å²) >= 11 is 5.96. The van der Waals surface area contributed by atoms with Crippen LogP contribution in [0.4, 0.5) is 5.69 Å². The zero-order valence-corrected chi connectivity index (χ0v) is 18.1.